The Hall–Kier alpha value is -0.220. The molecular weight excluding hydrogens is 164 g/mol. The maximum Gasteiger partial charge on any atom is 0.315 e. The normalized spacial score (nSPS) is 12.6. The maximum absolute atomic E-state index is 10.6. The molecular formula is C7H14O3S. The molecule has 0 amide bonds. The third-order valence-electron chi connectivity index (χ3n) is 1.13. The lowest BCUT2D eigenvalue weighted by Gasteiger charge is -2.02. The van der Waals surface area contributed by atoms with Crippen LogP contribution in [-0.2, 0) is 9.53 Å². The molecule has 0 heterocycles. The van der Waals surface area contributed by atoms with E-state index in [2.05, 4.69) is 4.74 Å². The Kier molecular flexibility index (Phi) is 6.36. The van der Waals surface area contributed by atoms with E-state index < -0.39 is 0 Å². The van der Waals surface area contributed by atoms with Crippen molar-refractivity contribution >= 4 is 17.7 Å². The number of thioether (sulfide) groups is 1. The fourth-order valence-corrected chi connectivity index (χ4v) is 1.40. The predicted octanol–water partition coefficient (Wildman–Crippen LogP) is 0.663. The topological polar surface area (TPSA) is 46.5 Å². The molecule has 1 N–H and O–H groups in total. The number of ether oxygens (including phenoxy) is 1. The van der Waals surface area contributed by atoms with E-state index in [-0.39, 0.29) is 12.1 Å². The zero-order valence-corrected chi connectivity index (χ0v) is 7.69. The molecule has 0 aliphatic heterocycles. The van der Waals surface area contributed by atoms with Crippen molar-refractivity contribution in [2.45, 2.75) is 19.4 Å². The van der Waals surface area contributed by atoms with Crippen molar-refractivity contribution < 1.29 is 14.6 Å². The Labute approximate surface area is 71.1 Å². The van der Waals surface area contributed by atoms with Crippen LogP contribution in [0.25, 0.3) is 0 Å². The predicted molar refractivity (Wildman–Crippen MR) is 45.6 cm³/mol. The van der Waals surface area contributed by atoms with Crippen LogP contribution in [0, 0.1) is 0 Å². The molecule has 0 aliphatic carbocycles. The molecule has 4 heteroatoms. The van der Waals surface area contributed by atoms with Crippen molar-refractivity contribution in [1.82, 2.24) is 0 Å². The van der Waals surface area contributed by atoms with Crippen molar-refractivity contribution in [2.24, 2.45) is 0 Å². The van der Waals surface area contributed by atoms with E-state index in [1.165, 1.54) is 18.9 Å². The minimum atomic E-state index is -0.278. The number of methoxy groups -OCH3 is 1. The van der Waals surface area contributed by atoms with Crippen LogP contribution in [0.2, 0.25) is 0 Å². The first kappa shape index (κ1) is 10.8. The van der Waals surface area contributed by atoms with Crippen LogP contribution in [-0.4, -0.2) is 35.8 Å². The third-order valence-corrected chi connectivity index (χ3v) is 2.09. The van der Waals surface area contributed by atoms with Gasteiger partial charge in [0, 0.05) is 0 Å². The van der Waals surface area contributed by atoms with Crippen LogP contribution in [0.3, 0.4) is 0 Å². The van der Waals surface area contributed by atoms with Gasteiger partial charge in [0.25, 0.3) is 0 Å². The minimum Gasteiger partial charge on any atom is -0.468 e. The molecule has 0 aromatic heterocycles. The fourth-order valence-electron chi connectivity index (χ4n) is 0.468. The maximum atomic E-state index is 10.6. The smallest absolute Gasteiger partial charge is 0.315 e. The van der Waals surface area contributed by atoms with Gasteiger partial charge in [0.1, 0.15) is 0 Å². The summed E-state index contributed by atoms with van der Waals surface area (Å²) in [5, 5.41) is 8.85. The van der Waals surface area contributed by atoms with E-state index in [1.54, 1.807) is 6.92 Å². The lowest BCUT2D eigenvalue weighted by atomic mass is 10.3. The number of carbonyl (C=O) groups is 1. The number of hydrogen-bond donors (Lipinski definition) is 1. The van der Waals surface area contributed by atoms with E-state index >= 15 is 0 Å². The largest absolute Gasteiger partial charge is 0.468 e. The van der Waals surface area contributed by atoms with Crippen molar-refractivity contribution in [3.05, 3.63) is 0 Å². The lowest BCUT2D eigenvalue weighted by molar-refractivity contribution is -0.137. The molecule has 0 aromatic rings. The number of carbonyl (C=O) groups excluding carboxylic acids is 1. The molecule has 0 bridgehead atoms. The summed E-state index contributed by atoms with van der Waals surface area (Å²) in [6, 6.07) is 0. The summed E-state index contributed by atoms with van der Waals surface area (Å²) in [5.41, 5.74) is 0. The molecule has 3 nitrogen and oxygen atoms in total. The molecule has 1 unspecified atom stereocenters. The van der Waals surface area contributed by atoms with Crippen LogP contribution in [0.4, 0.5) is 0 Å². The summed E-state index contributed by atoms with van der Waals surface area (Å²) in [7, 11) is 1.37. The first-order valence-corrected chi connectivity index (χ1v) is 4.65. The average molecular weight is 178 g/mol. The Balaban J connectivity index is 3.08. The van der Waals surface area contributed by atoms with Gasteiger partial charge in [0.05, 0.1) is 19.0 Å². The molecule has 0 aliphatic rings. The number of esters is 1. The number of aliphatic hydroxyl groups excluding tert-OH is 1. The van der Waals surface area contributed by atoms with Gasteiger partial charge in [-0.1, -0.05) is 0 Å². The minimum absolute atomic E-state index is 0.208. The second kappa shape index (κ2) is 6.49. The summed E-state index contributed by atoms with van der Waals surface area (Å²) in [4.78, 5) is 10.6. The van der Waals surface area contributed by atoms with Gasteiger partial charge >= 0.3 is 5.97 Å². The van der Waals surface area contributed by atoms with Gasteiger partial charge in [-0.2, -0.15) is 11.8 Å². The molecule has 0 spiro atoms. The van der Waals surface area contributed by atoms with Crippen LogP contribution in [0.15, 0.2) is 0 Å². The highest BCUT2D eigenvalue weighted by Crippen LogP contribution is 2.04. The van der Waals surface area contributed by atoms with E-state index in [0.717, 1.165) is 12.2 Å². The quantitative estimate of drug-likeness (QED) is 0.496. The Bertz CT molecular complexity index is 114. The van der Waals surface area contributed by atoms with Gasteiger partial charge in [-0.25, -0.2) is 0 Å². The van der Waals surface area contributed by atoms with Crippen LogP contribution in [0.1, 0.15) is 13.3 Å². The SMILES string of the molecule is COC(=O)CSCCC(C)O. The van der Waals surface area contributed by atoms with Crippen molar-refractivity contribution in [1.29, 1.82) is 0 Å². The van der Waals surface area contributed by atoms with Crippen LogP contribution in [0.5, 0.6) is 0 Å². The molecule has 1 atom stereocenters. The molecule has 0 fully saturated rings. The average Bonchev–Trinajstić information content (AvgIpc) is 1.97. The van der Waals surface area contributed by atoms with E-state index in [4.69, 9.17) is 5.11 Å². The van der Waals surface area contributed by atoms with Gasteiger partial charge < -0.3 is 9.84 Å². The van der Waals surface area contributed by atoms with Crippen molar-refractivity contribution in [2.75, 3.05) is 18.6 Å². The molecule has 0 rings (SSSR count). The highest BCUT2D eigenvalue weighted by Gasteiger charge is 2.00. The van der Waals surface area contributed by atoms with Gasteiger partial charge in [0.15, 0.2) is 0 Å². The lowest BCUT2D eigenvalue weighted by Crippen LogP contribution is -2.06. The Morgan fingerprint density at radius 2 is 2.36 bits per heavy atom. The Morgan fingerprint density at radius 3 is 2.82 bits per heavy atom. The highest BCUT2D eigenvalue weighted by atomic mass is 32.2. The summed E-state index contributed by atoms with van der Waals surface area (Å²) in [6.07, 6.45) is 0.446. The van der Waals surface area contributed by atoms with Crippen LogP contribution < -0.4 is 0 Å². The fraction of sp³-hybridized carbons (Fsp3) is 0.857. The number of hydrogen-bond acceptors (Lipinski definition) is 4. The first-order chi connectivity index (χ1) is 5.16. The standard InChI is InChI=1S/C7H14O3S/c1-6(8)3-4-11-5-7(9)10-2/h6,8H,3-5H2,1-2H3. The van der Waals surface area contributed by atoms with E-state index in [1.807, 2.05) is 0 Å². The molecule has 0 radical (unpaired) electrons. The zero-order chi connectivity index (χ0) is 8.69. The molecule has 0 saturated heterocycles. The second-order valence-corrected chi connectivity index (χ2v) is 3.37. The van der Waals surface area contributed by atoms with Crippen LogP contribution >= 0.6 is 11.8 Å². The van der Waals surface area contributed by atoms with Crippen molar-refractivity contribution in [3.8, 4) is 0 Å². The summed E-state index contributed by atoms with van der Waals surface area (Å²) in [5.74, 6) is 0.969. The van der Waals surface area contributed by atoms with Gasteiger partial charge in [0.2, 0.25) is 0 Å². The van der Waals surface area contributed by atoms with E-state index in [0.29, 0.717) is 5.75 Å². The summed E-state index contributed by atoms with van der Waals surface area (Å²) in [6.45, 7) is 1.73. The molecule has 0 aromatic carbocycles. The highest BCUT2D eigenvalue weighted by molar-refractivity contribution is 7.99. The summed E-state index contributed by atoms with van der Waals surface area (Å²) < 4.78 is 4.43. The monoisotopic (exact) mass is 178 g/mol. The first-order valence-electron chi connectivity index (χ1n) is 3.49. The molecule has 11 heavy (non-hydrogen) atoms. The molecule has 66 valence electrons. The van der Waals surface area contributed by atoms with Crippen molar-refractivity contribution in [3.63, 3.8) is 0 Å². The summed E-state index contributed by atoms with van der Waals surface area (Å²) >= 11 is 1.48. The third kappa shape index (κ3) is 7.68. The van der Waals surface area contributed by atoms with Gasteiger partial charge in [-0.15, -0.1) is 0 Å². The molecule has 0 saturated carbocycles. The zero-order valence-electron chi connectivity index (χ0n) is 6.87. The second-order valence-electron chi connectivity index (χ2n) is 2.27. The number of rotatable bonds is 5. The Morgan fingerprint density at radius 1 is 1.73 bits per heavy atom. The van der Waals surface area contributed by atoms with E-state index in [9.17, 15) is 4.79 Å². The van der Waals surface area contributed by atoms with Gasteiger partial charge in [-0.3, -0.25) is 4.79 Å². The van der Waals surface area contributed by atoms with Gasteiger partial charge in [-0.05, 0) is 19.1 Å². The number of aliphatic hydroxyl groups is 1.